The van der Waals surface area contributed by atoms with Crippen molar-refractivity contribution in [2.75, 3.05) is 18.0 Å². The first-order valence-corrected chi connectivity index (χ1v) is 9.57. The predicted molar refractivity (Wildman–Crippen MR) is 112 cm³/mol. The number of aliphatic imine (C=N–C) groups is 1. The Morgan fingerprint density at radius 1 is 1.22 bits per heavy atom. The van der Waals surface area contributed by atoms with Crippen LogP contribution in [0.1, 0.15) is 39.7 Å². The fourth-order valence-electron chi connectivity index (χ4n) is 3.06. The zero-order valence-electron chi connectivity index (χ0n) is 16.5. The first kappa shape index (κ1) is 20.9. The van der Waals surface area contributed by atoms with Crippen LogP contribution in [0.25, 0.3) is 0 Å². The first-order chi connectivity index (χ1) is 12.8. The number of benzene rings is 1. The molecule has 6 heteroatoms. The summed E-state index contributed by atoms with van der Waals surface area (Å²) in [5, 5.41) is 2.65. The maximum absolute atomic E-state index is 12.3. The van der Waals surface area contributed by atoms with E-state index < -0.39 is 0 Å². The number of rotatable bonds is 6. The Bertz CT molecular complexity index is 849. The summed E-state index contributed by atoms with van der Waals surface area (Å²) in [6.07, 6.45) is 2.18. The van der Waals surface area contributed by atoms with Crippen LogP contribution >= 0.6 is 11.6 Å². The molecule has 0 atom stereocenters. The molecule has 0 spiro atoms. The van der Waals surface area contributed by atoms with Crippen molar-refractivity contribution in [2.45, 2.75) is 41.0 Å². The SMILES string of the molecule is CCC1=C(Cl)C(=O)C(NC(C)=O)=CC1=Nc1ccc(N(CC)CC)cc1C. The van der Waals surface area contributed by atoms with Gasteiger partial charge >= 0.3 is 0 Å². The average Bonchev–Trinajstić information content (AvgIpc) is 2.62. The van der Waals surface area contributed by atoms with Gasteiger partial charge in [0.05, 0.1) is 22.1 Å². The highest BCUT2D eigenvalue weighted by Crippen LogP contribution is 2.29. The van der Waals surface area contributed by atoms with Crippen LogP contribution in [0.15, 0.2) is 45.6 Å². The molecule has 0 saturated carbocycles. The summed E-state index contributed by atoms with van der Waals surface area (Å²) in [6, 6.07) is 6.12. The number of nitrogens with one attached hydrogen (secondary N) is 1. The average molecular weight is 388 g/mol. The Labute approximate surface area is 165 Å². The number of anilines is 1. The van der Waals surface area contributed by atoms with E-state index in [-0.39, 0.29) is 22.4 Å². The number of Topliss-reactive ketones (excluding diaryl/α,β-unsaturated/α-hetero) is 1. The molecule has 0 saturated heterocycles. The molecule has 0 radical (unpaired) electrons. The lowest BCUT2D eigenvalue weighted by molar-refractivity contribution is -0.120. The first-order valence-electron chi connectivity index (χ1n) is 9.19. The lowest BCUT2D eigenvalue weighted by atomic mass is 9.97. The lowest BCUT2D eigenvalue weighted by Gasteiger charge is -2.22. The number of amides is 1. The maximum atomic E-state index is 12.3. The monoisotopic (exact) mass is 387 g/mol. The van der Waals surface area contributed by atoms with Crippen LogP contribution < -0.4 is 10.2 Å². The molecule has 0 aliphatic heterocycles. The predicted octanol–water partition coefficient (Wildman–Crippen LogP) is 4.42. The molecule has 144 valence electrons. The number of ketones is 1. The second-order valence-electron chi connectivity index (χ2n) is 6.35. The van der Waals surface area contributed by atoms with Crippen molar-refractivity contribution in [3.63, 3.8) is 0 Å². The van der Waals surface area contributed by atoms with Gasteiger partial charge in [-0.05, 0) is 57.0 Å². The number of halogens is 1. The highest BCUT2D eigenvalue weighted by molar-refractivity contribution is 6.49. The molecule has 2 rings (SSSR count). The number of nitrogens with zero attached hydrogens (tertiary/aromatic N) is 2. The minimum Gasteiger partial charge on any atom is -0.372 e. The van der Waals surface area contributed by atoms with Gasteiger partial charge in [0.25, 0.3) is 0 Å². The van der Waals surface area contributed by atoms with E-state index in [0.717, 1.165) is 30.0 Å². The smallest absolute Gasteiger partial charge is 0.221 e. The third-order valence-electron chi connectivity index (χ3n) is 4.51. The maximum Gasteiger partial charge on any atom is 0.221 e. The molecule has 0 fully saturated rings. The molecule has 5 nitrogen and oxygen atoms in total. The van der Waals surface area contributed by atoms with Gasteiger partial charge in [0.2, 0.25) is 11.7 Å². The van der Waals surface area contributed by atoms with Gasteiger partial charge in [0.1, 0.15) is 0 Å². The van der Waals surface area contributed by atoms with E-state index in [9.17, 15) is 9.59 Å². The molecule has 1 amide bonds. The number of carbonyl (C=O) groups is 2. The van der Waals surface area contributed by atoms with E-state index in [2.05, 4.69) is 30.1 Å². The van der Waals surface area contributed by atoms with E-state index in [4.69, 9.17) is 16.6 Å². The molecule has 0 heterocycles. The van der Waals surface area contributed by atoms with E-state index in [1.807, 2.05) is 26.0 Å². The highest BCUT2D eigenvalue weighted by atomic mass is 35.5. The minimum absolute atomic E-state index is 0.111. The van der Waals surface area contributed by atoms with Gasteiger partial charge in [-0.15, -0.1) is 0 Å². The van der Waals surface area contributed by atoms with Gasteiger partial charge < -0.3 is 10.2 Å². The third-order valence-corrected chi connectivity index (χ3v) is 4.91. The Morgan fingerprint density at radius 3 is 2.41 bits per heavy atom. The lowest BCUT2D eigenvalue weighted by Crippen LogP contribution is -2.29. The Morgan fingerprint density at radius 2 is 1.89 bits per heavy atom. The second-order valence-corrected chi connectivity index (χ2v) is 6.73. The summed E-state index contributed by atoms with van der Waals surface area (Å²) in [5.41, 5.74) is 4.43. The standard InChI is InChI=1S/C21H26ClN3O2/c1-6-16-18(12-19(23-14(5)26)21(27)20(16)22)24-17-10-9-15(11-13(17)4)25(7-2)8-3/h9-12H,6-8H2,1-5H3,(H,23,26). The number of allylic oxidation sites excluding steroid dienone is 3. The normalized spacial score (nSPS) is 15.9. The van der Waals surface area contributed by atoms with Crippen LogP contribution in [0.2, 0.25) is 0 Å². The molecule has 1 aromatic carbocycles. The summed E-state index contributed by atoms with van der Waals surface area (Å²) in [5.74, 6) is -0.700. The molecule has 27 heavy (non-hydrogen) atoms. The van der Waals surface area contributed by atoms with Crippen molar-refractivity contribution in [1.82, 2.24) is 5.32 Å². The number of carbonyl (C=O) groups excluding carboxylic acids is 2. The fourth-order valence-corrected chi connectivity index (χ4v) is 3.39. The van der Waals surface area contributed by atoms with Crippen molar-refractivity contribution in [3.05, 3.63) is 46.1 Å². The molecular formula is C21H26ClN3O2. The van der Waals surface area contributed by atoms with Crippen molar-refractivity contribution < 1.29 is 9.59 Å². The number of aryl methyl sites for hydroxylation is 1. The fraction of sp³-hybridized carbons (Fsp3) is 0.381. The summed E-state index contributed by atoms with van der Waals surface area (Å²) in [6.45, 7) is 11.4. The van der Waals surface area contributed by atoms with E-state index >= 15 is 0 Å². The number of hydrogen-bond acceptors (Lipinski definition) is 4. The van der Waals surface area contributed by atoms with Gasteiger partial charge in [-0.1, -0.05) is 18.5 Å². The van der Waals surface area contributed by atoms with Crippen LogP contribution in [0, 0.1) is 6.92 Å². The van der Waals surface area contributed by atoms with Crippen LogP contribution in [0.5, 0.6) is 0 Å². The summed E-state index contributed by atoms with van der Waals surface area (Å²) < 4.78 is 0. The van der Waals surface area contributed by atoms with Crippen molar-refractivity contribution >= 4 is 40.4 Å². The van der Waals surface area contributed by atoms with Gasteiger partial charge in [0, 0.05) is 31.3 Å². The number of hydrogen-bond donors (Lipinski definition) is 1. The largest absolute Gasteiger partial charge is 0.372 e. The highest BCUT2D eigenvalue weighted by Gasteiger charge is 2.26. The second kappa shape index (κ2) is 9.00. The molecule has 0 unspecified atom stereocenters. The summed E-state index contributed by atoms with van der Waals surface area (Å²) >= 11 is 6.27. The van der Waals surface area contributed by atoms with E-state index in [1.165, 1.54) is 6.92 Å². The Balaban J connectivity index is 2.50. The molecule has 1 aromatic rings. The van der Waals surface area contributed by atoms with Gasteiger partial charge in [-0.2, -0.15) is 0 Å². The Hall–Kier alpha value is -2.40. The van der Waals surface area contributed by atoms with Crippen LogP contribution in [-0.2, 0) is 9.59 Å². The quantitative estimate of drug-likeness (QED) is 0.735. The zero-order chi connectivity index (χ0) is 20.1. The summed E-state index contributed by atoms with van der Waals surface area (Å²) in [4.78, 5) is 30.7. The van der Waals surface area contributed by atoms with Crippen molar-refractivity contribution in [3.8, 4) is 0 Å². The Kier molecular flexibility index (Phi) is 6.97. The molecule has 0 aromatic heterocycles. The molecular weight excluding hydrogens is 362 g/mol. The van der Waals surface area contributed by atoms with Crippen LogP contribution in [0.3, 0.4) is 0 Å². The van der Waals surface area contributed by atoms with Gasteiger partial charge in [-0.25, -0.2) is 4.99 Å². The molecule has 1 aliphatic carbocycles. The van der Waals surface area contributed by atoms with E-state index in [1.54, 1.807) is 6.08 Å². The van der Waals surface area contributed by atoms with Crippen molar-refractivity contribution in [2.24, 2.45) is 4.99 Å². The van der Waals surface area contributed by atoms with Crippen molar-refractivity contribution in [1.29, 1.82) is 0 Å². The third kappa shape index (κ3) is 4.66. The van der Waals surface area contributed by atoms with Crippen LogP contribution in [-0.4, -0.2) is 30.5 Å². The topological polar surface area (TPSA) is 61.8 Å². The molecule has 1 N–H and O–H groups in total. The zero-order valence-corrected chi connectivity index (χ0v) is 17.3. The minimum atomic E-state index is -0.378. The van der Waals surface area contributed by atoms with Crippen LogP contribution in [0.4, 0.5) is 11.4 Å². The van der Waals surface area contributed by atoms with E-state index in [0.29, 0.717) is 17.7 Å². The van der Waals surface area contributed by atoms with Gasteiger partial charge in [0.15, 0.2) is 0 Å². The summed E-state index contributed by atoms with van der Waals surface area (Å²) in [7, 11) is 0. The molecule has 0 bridgehead atoms. The molecule has 1 aliphatic rings. The van der Waals surface area contributed by atoms with Gasteiger partial charge in [-0.3, -0.25) is 9.59 Å².